The Morgan fingerprint density at radius 3 is 2.30 bits per heavy atom. The molecule has 0 spiro atoms. The molecule has 1 aliphatic heterocycles. The van der Waals surface area contributed by atoms with Crippen LogP contribution in [0.4, 0.5) is 0 Å². The Labute approximate surface area is 179 Å². The second kappa shape index (κ2) is 8.37. The number of rotatable bonds is 5. The van der Waals surface area contributed by atoms with E-state index in [0.29, 0.717) is 29.3 Å². The molecule has 0 radical (unpaired) electrons. The van der Waals surface area contributed by atoms with Gasteiger partial charge in [-0.2, -0.15) is 0 Å². The molecule has 8 nitrogen and oxygen atoms in total. The van der Waals surface area contributed by atoms with E-state index in [-0.39, 0.29) is 11.2 Å². The number of aryl methyl sites for hydroxylation is 1. The van der Waals surface area contributed by atoms with Crippen molar-refractivity contribution in [2.75, 3.05) is 32.7 Å². The Hall–Kier alpha value is -2.42. The van der Waals surface area contributed by atoms with Crippen molar-refractivity contribution in [3.63, 3.8) is 0 Å². The van der Waals surface area contributed by atoms with Gasteiger partial charge in [-0.05, 0) is 18.2 Å². The highest BCUT2D eigenvalue weighted by Gasteiger charge is 2.23. The van der Waals surface area contributed by atoms with Crippen LogP contribution in [-0.2, 0) is 27.2 Å². The summed E-state index contributed by atoms with van der Waals surface area (Å²) >= 11 is 6.41. The monoisotopic (exact) mass is 430 g/mol. The fraction of sp³-hybridized carbons (Fsp3) is 0.476. The van der Waals surface area contributed by atoms with Crippen LogP contribution in [0.25, 0.3) is 11.2 Å². The molecule has 0 unspecified atom stereocenters. The van der Waals surface area contributed by atoms with E-state index >= 15 is 0 Å². The second-order valence-corrected chi connectivity index (χ2v) is 8.20. The van der Waals surface area contributed by atoms with Gasteiger partial charge in [0.15, 0.2) is 11.2 Å². The molecule has 0 amide bonds. The van der Waals surface area contributed by atoms with E-state index in [1.54, 1.807) is 7.05 Å². The van der Waals surface area contributed by atoms with E-state index in [1.165, 1.54) is 11.6 Å². The maximum Gasteiger partial charge on any atom is 0.332 e. The average Bonchev–Trinajstić information content (AvgIpc) is 3.11. The molecule has 0 atom stereocenters. The van der Waals surface area contributed by atoms with Gasteiger partial charge in [0.25, 0.3) is 5.56 Å². The standard InChI is InChI=1S/C21H27ClN6O2/c1-4-26-9-11-27(12-10-26)14-17-23-19-18(20(29)25(3)21(30)24(19)2)28(17)13-15-7-5-6-8-16(15)22/h5-8H,4,9-14H2,1-3H3. The third-order valence-electron chi connectivity index (χ3n) is 5.99. The summed E-state index contributed by atoms with van der Waals surface area (Å²) < 4.78 is 4.50. The summed E-state index contributed by atoms with van der Waals surface area (Å²) in [7, 11) is 3.15. The van der Waals surface area contributed by atoms with Gasteiger partial charge in [-0.15, -0.1) is 0 Å². The molecule has 160 valence electrons. The zero-order chi connectivity index (χ0) is 21.4. The third kappa shape index (κ3) is 3.71. The van der Waals surface area contributed by atoms with Crippen LogP contribution in [0.5, 0.6) is 0 Å². The van der Waals surface area contributed by atoms with Crippen LogP contribution < -0.4 is 11.2 Å². The fourth-order valence-corrected chi connectivity index (χ4v) is 4.24. The number of piperazine rings is 1. The largest absolute Gasteiger partial charge is 0.332 e. The van der Waals surface area contributed by atoms with Gasteiger partial charge in [0.2, 0.25) is 0 Å². The molecule has 3 heterocycles. The van der Waals surface area contributed by atoms with E-state index < -0.39 is 0 Å². The zero-order valence-corrected chi connectivity index (χ0v) is 18.4. The van der Waals surface area contributed by atoms with Gasteiger partial charge in [-0.1, -0.05) is 36.7 Å². The highest BCUT2D eigenvalue weighted by atomic mass is 35.5. The summed E-state index contributed by atoms with van der Waals surface area (Å²) in [6.07, 6.45) is 0. The van der Waals surface area contributed by atoms with Crippen LogP contribution in [0.1, 0.15) is 18.3 Å². The van der Waals surface area contributed by atoms with Gasteiger partial charge in [0.1, 0.15) is 5.82 Å². The van der Waals surface area contributed by atoms with Crippen LogP contribution in [0.2, 0.25) is 5.02 Å². The smallest absolute Gasteiger partial charge is 0.316 e. The van der Waals surface area contributed by atoms with Gasteiger partial charge >= 0.3 is 5.69 Å². The summed E-state index contributed by atoms with van der Waals surface area (Å²) in [5, 5.41) is 0.642. The van der Waals surface area contributed by atoms with Crippen LogP contribution in [0, 0.1) is 0 Å². The summed E-state index contributed by atoms with van der Waals surface area (Å²) in [4.78, 5) is 35.0. The first-order valence-corrected chi connectivity index (χ1v) is 10.6. The van der Waals surface area contributed by atoms with Crippen molar-refractivity contribution in [2.24, 2.45) is 14.1 Å². The first-order valence-electron chi connectivity index (χ1n) is 10.2. The molecule has 1 fully saturated rings. The van der Waals surface area contributed by atoms with E-state index in [2.05, 4.69) is 16.7 Å². The lowest BCUT2D eigenvalue weighted by molar-refractivity contribution is 0.129. The summed E-state index contributed by atoms with van der Waals surface area (Å²) in [5.41, 5.74) is 1.04. The lowest BCUT2D eigenvalue weighted by Crippen LogP contribution is -2.45. The van der Waals surface area contributed by atoms with Gasteiger partial charge in [-0.3, -0.25) is 18.8 Å². The minimum atomic E-state index is -0.377. The van der Waals surface area contributed by atoms with E-state index in [4.69, 9.17) is 16.6 Å². The minimum Gasteiger partial charge on any atom is -0.316 e. The molecule has 1 aliphatic rings. The average molecular weight is 431 g/mol. The molecule has 0 aliphatic carbocycles. The SMILES string of the molecule is CCN1CCN(Cc2nc3c(c(=O)n(C)c(=O)n3C)n2Cc2ccccc2Cl)CC1. The van der Waals surface area contributed by atoms with Crippen molar-refractivity contribution in [1.82, 2.24) is 28.5 Å². The number of fused-ring (bicyclic) bond motifs is 1. The quantitative estimate of drug-likeness (QED) is 0.609. The normalized spacial score (nSPS) is 15.9. The number of benzene rings is 1. The molecule has 0 bridgehead atoms. The Bertz CT molecular complexity index is 1190. The molecule has 0 saturated carbocycles. The maximum atomic E-state index is 13.0. The number of nitrogens with zero attached hydrogens (tertiary/aromatic N) is 6. The highest BCUT2D eigenvalue weighted by molar-refractivity contribution is 6.31. The van der Waals surface area contributed by atoms with Crippen molar-refractivity contribution in [1.29, 1.82) is 0 Å². The van der Waals surface area contributed by atoms with Gasteiger partial charge in [0.05, 0.1) is 13.1 Å². The topological polar surface area (TPSA) is 68.3 Å². The molecular formula is C21H27ClN6O2. The minimum absolute atomic E-state index is 0.338. The van der Waals surface area contributed by atoms with Crippen LogP contribution in [0.3, 0.4) is 0 Å². The van der Waals surface area contributed by atoms with Crippen molar-refractivity contribution >= 4 is 22.8 Å². The van der Waals surface area contributed by atoms with Gasteiger partial charge < -0.3 is 9.47 Å². The highest BCUT2D eigenvalue weighted by Crippen LogP contribution is 2.21. The first kappa shape index (κ1) is 20.8. The van der Waals surface area contributed by atoms with Crippen LogP contribution in [0.15, 0.2) is 33.9 Å². The zero-order valence-electron chi connectivity index (χ0n) is 17.6. The Balaban J connectivity index is 1.81. The molecule has 30 heavy (non-hydrogen) atoms. The summed E-state index contributed by atoms with van der Waals surface area (Å²) in [6.45, 7) is 8.19. The molecule has 2 aromatic heterocycles. The van der Waals surface area contributed by atoms with Crippen molar-refractivity contribution in [3.8, 4) is 0 Å². The number of imidazole rings is 1. The van der Waals surface area contributed by atoms with E-state index in [1.807, 2.05) is 28.8 Å². The Kier molecular flexibility index (Phi) is 5.81. The lowest BCUT2D eigenvalue weighted by atomic mass is 10.2. The van der Waals surface area contributed by atoms with Crippen LogP contribution in [-0.4, -0.2) is 61.2 Å². The molecule has 0 N–H and O–H groups in total. The summed E-state index contributed by atoms with van der Waals surface area (Å²) in [6, 6.07) is 7.60. The number of halogens is 1. The molecular weight excluding hydrogens is 404 g/mol. The lowest BCUT2D eigenvalue weighted by Gasteiger charge is -2.33. The molecule has 9 heteroatoms. The Morgan fingerprint density at radius 2 is 1.63 bits per heavy atom. The third-order valence-corrected chi connectivity index (χ3v) is 6.36. The number of likely N-dealkylation sites (N-methyl/N-ethyl adjacent to an activating group) is 1. The van der Waals surface area contributed by atoms with Crippen molar-refractivity contribution < 1.29 is 0 Å². The first-order chi connectivity index (χ1) is 14.4. The number of hydrogen-bond acceptors (Lipinski definition) is 5. The molecule has 4 rings (SSSR count). The van der Waals surface area contributed by atoms with Gasteiger partial charge in [0, 0.05) is 45.3 Å². The maximum absolute atomic E-state index is 13.0. The van der Waals surface area contributed by atoms with Crippen molar-refractivity contribution in [2.45, 2.75) is 20.0 Å². The fourth-order valence-electron chi connectivity index (χ4n) is 4.04. The Morgan fingerprint density at radius 1 is 0.967 bits per heavy atom. The predicted molar refractivity (Wildman–Crippen MR) is 118 cm³/mol. The molecule has 1 aromatic carbocycles. The summed E-state index contributed by atoms with van der Waals surface area (Å²) in [5.74, 6) is 0.771. The second-order valence-electron chi connectivity index (χ2n) is 7.79. The van der Waals surface area contributed by atoms with E-state index in [9.17, 15) is 9.59 Å². The predicted octanol–water partition coefficient (Wildman–Crippen LogP) is 1.27. The molecule has 3 aromatic rings. The van der Waals surface area contributed by atoms with E-state index in [0.717, 1.165) is 48.7 Å². The number of aromatic nitrogens is 4. The van der Waals surface area contributed by atoms with Gasteiger partial charge in [-0.25, -0.2) is 9.78 Å². The molecule has 1 saturated heterocycles. The van der Waals surface area contributed by atoms with Crippen molar-refractivity contribution in [3.05, 3.63) is 61.5 Å². The van der Waals surface area contributed by atoms with Crippen LogP contribution >= 0.6 is 11.6 Å². The number of hydrogen-bond donors (Lipinski definition) is 0.